The van der Waals surface area contributed by atoms with Crippen LogP contribution in [0, 0.1) is 0 Å². The standard InChI is InChI=1S/C25H28N2O4/c1-25(14-13-17-7-11-21(31-2)12-8-17)23(29)27(24(30)26-25)16-22(28)20-10-9-18-5-3-4-6-19(18)15-20/h7-12,15H,3-6,13-14,16H2,1-2H3,(H,26,30)/t25-/m1/s1. The molecule has 0 bridgehead atoms. The number of fused-ring (bicyclic) bond motifs is 1. The van der Waals surface area contributed by atoms with Gasteiger partial charge in [0.25, 0.3) is 5.91 Å². The maximum Gasteiger partial charge on any atom is 0.325 e. The Kier molecular flexibility index (Phi) is 5.81. The van der Waals surface area contributed by atoms with E-state index in [0.29, 0.717) is 18.4 Å². The summed E-state index contributed by atoms with van der Waals surface area (Å²) in [5, 5.41) is 2.79. The number of ketones is 1. The Labute approximate surface area is 182 Å². The molecule has 1 atom stereocenters. The molecular weight excluding hydrogens is 392 g/mol. The van der Waals surface area contributed by atoms with Gasteiger partial charge in [-0.1, -0.05) is 24.3 Å². The van der Waals surface area contributed by atoms with Gasteiger partial charge in [-0.2, -0.15) is 0 Å². The molecule has 0 unspecified atom stereocenters. The topological polar surface area (TPSA) is 75.7 Å². The molecule has 0 saturated carbocycles. The van der Waals surface area contributed by atoms with Crippen LogP contribution in [-0.4, -0.2) is 41.8 Å². The zero-order valence-corrected chi connectivity index (χ0v) is 18.1. The number of urea groups is 1. The monoisotopic (exact) mass is 420 g/mol. The lowest BCUT2D eigenvalue weighted by molar-refractivity contribution is -0.130. The molecule has 1 aliphatic carbocycles. The summed E-state index contributed by atoms with van der Waals surface area (Å²) in [4.78, 5) is 39.4. The van der Waals surface area contributed by atoms with Gasteiger partial charge in [0, 0.05) is 5.56 Å². The predicted molar refractivity (Wildman–Crippen MR) is 117 cm³/mol. The number of benzene rings is 2. The Hall–Kier alpha value is -3.15. The average Bonchev–Trinajstić information content (AvgIpc) is 3.01. The van der Waals surface area contributed by atoms with Crippen LogP contribution in [0.3, 0.4) is 0 Å². The highest BCUT2D eigenvalue weighted by Crippen LogP contribution is 2.26. The summed E-state index contributed by atoms with van der Waals surface area (Å²) >= 11 is 0. The van der Waals surface area contributed by atoms with Crippen molar-refractivity contribution >= 4 is 17.7 Å². The number of Topliss-reactive ketones (excluding diaryl/α,β-unsaturated/α-hetero) is 1. The lowest BCUT2D eigenvalue weighted by Gasteiger charge is -2.21. The van der Waals surface area contributed by atoms with Crippen LogP contribution in [0.4, 0.5) is 4.79 Å². The lowest BCUT2D eigenvalue weighted by Crippen LogP contribution is -2.44. The first-order chi connectivity index (χ1) is 14.9. The van der Waals surface area contributed by atoms with E-state index in [9.17, 15) is 14.4 Å². The fourth-order valence-corrected chi connectivity index (χ4v) is 4.39. The van der Waals surface area contributed by atoms with E-state index in [0.717, 1.165) is 35.5 Å². The van der Waals surface area contributed by atoms with Crippen molar-refractivity contribution in [2.75, 3.05) is 13.7 Å². The van der Waals surface area contributed by atoms with Crippen molar-refractivity contribution in [3.8, 4) is 5.75 Å². The van der Waals surface area contributed by atoms with Gasteiger partial charge in [0.15, 0.2) is 5.78 Å². The number of nitrogens with zero attached hydrogens (tertiary/aromatic N) is 1. The molecule has 1 fully saturated rings. The summed E-state index contributed by atoms with van der Waals surface area (Å²) in [6, 6.07) is 12.9. The fourth-order valence-electron chi connectivity index (χ4n) is 4.39. The van der Waals surface area contributed by atoms with Gasteiger partial charge < -0.3 is 10.1 Å². The second kappa shape index (κ2) is 8.53. The van der Waals surface area contributed by atoms with Crippen molar-refractivity contribution in [2.45, 2.75) is 51.0 Å². The van der Waals surface area contributed by atoms with Gasteiger partial charge in [-0.3, -0.25) is 14.5 Å². The zero-order chi connectivity index (χ0) is 22.0. The molecule has 0 spiro atoms. The van der Waals surface area contributed by atoms with E-state index in [1.807, 2.05) is 42.5 Å². The number of nitrogens with one attached hydrogen (secondary N) is 1. The molecule has 0 radical (unpaired) electrons. The van der Waals surface area contributed by atoms with Crippen LogP contribution >= 0.6 is 0 Å². The van der Waals surface area contributed by atoms with Crippen molar-refractivity contribution in [1.29, 1.82) is 0 Å². The number of amides is 3. The number of methoxy groups -OCH3 is 1. The Bertz CT molecular complexity index is 1010. The molecule has 31 heavy (non-hydrogen) atoms. The summed E-state index contributed by atoms with van der Waals surface area (Å²) in [5.41, 5.74) is 3.09. The van der Waals surface area contributed by atoms with Crippen molar-refractivity contribution in [2.24, 2.45) is 0 Å². The van der Waals surface area contributed by atoms with Crippen LogP contribution in [0.25, 0.3) is 0 Å². The summed E-state index contributed by atoms with van der Waals surface area (Å²) in [6.45, 7) is 1.49. The summed E-state index contributed by atoms with van der Waals surface area (Å²) in [7, 11) is 1.61. The van der Waals surface area contributed by atoms with Crippen molar-refractivity contribution < 1.29 is 19.1 Å². The van der Waals surface area contributed by atoms with E-state index < -0.39 is 11.6 Å². The molecule has 1 saturated heterocycles. The molecule has 6 nitrogen and oxygen atoms in total. The first-order valence-corrected chi connectivity index (χ1v) is 10.8. The SMILES string of the molecule is COc1ccc(CC[C@@]2(C)NC(=O)N(CC(=O)c3ccc4c(c3)CCCC4)C2=O)cc1. The van der Waals surface area contributed by atoms with Gasteiger partial charge >= 0.3 is 6.03 Å². The van der Waals surface area contributed by atoms with Crippen LogP contribution < -0.4 is 10.1 Å². The number of carbonyl (C=O) groups is 3. The minimum absolute atomic E-state index is 0.212. The number of carbonyl (C=O) groups excluding carboxylic acids is 3. The molecule has 1 N–H and O–H groups in total. The molecule has 6 heteroatoms. The molecular formula is C25H28N2O4. The molecule has 2 aromatic rings. The average molecular weight is 421 g/mol. The maximum atomic E-state index is 13.0. The van der Waals surface area contributed by atoms with E-state index in [1.54, 1.807) is 14.0 Å². The molecule has 4 rings (SSSR count). The van der Waals surface area contributed by atoms with E-state index in [4.69, 9.17) is 4.74 Å². The third kappa shape index (κ3) is 4.33. The highest BCUT2D eigenvalue weighted by molar-refractivity contribution is 6.11. The van der Waals surface area contributed by atoms with E-state index >= 15 is 0 Å². The Balaban J connectivity index is 1.41. The largest absolute Gasteiger partial charge is 0.497 e. The van der Waals surface area contributed by atoms with Gasteiger partial charge in [0.2, 0.25) is 0 Å². The summed E-state index contributed by atoms with van der Waals surface area (Å²) < 4.78 is 5.17. The van der Waals surface area contributed by atoms with Gasteiger partial charge in [0.05, 0.1) is 13.7 Å². The minimum Gasteiger partial charge on any atom is -0.497 e. The molecule has 1 heterocycles. The van der Waals surface area contributed by atoms with Gasteiger partial charge in [-0.25, -0.2) is 4.79 Å². The number of rotatable bonds is 7. The smallest absolute Gasteiger partial charge is 0.325 e. The van der Waals surface area contributed by atoms with Gasteiger partial charge in [-0.15, -0.1) is 0 Å². The summed E-state index contributed by atoms with van der Waals surface area (Å²) in [5.74, 6) is 0.209. The molecule has 162 valence electrons. The van der Waals surface area contributed by atoms with Crippen LogP contribution in [0.1, 0.15) is 53.2 Å². The molecule has 0 aromatic heterocycles. The first-order valence-electron chi connectivity index (χ1n) is 10.8. The van der Waals surface area contributed by atoms with Crippen molar-refractivity contribution in [1.82, 2.24) is 10.2 Å². The van der Waals surface area contributed by atoms with Crippen LogP contribution in [0.5, 0.6) is 5.75 Å². The molecule has 2 aromatic carbocycles. The Morgan fingerprint density at radius 2 is 1.77 bits per heavy atom. The normalized spacial score (nSPS) is 20.4. The van der Waals surface area contributed by atoms with Crippen molar-refractivity contribution in [3.05, 3.63) is 64.7 Å². The van der Waals surface area contributed by atoms with E-state index in [2.05, 4.69) is 5.32 Å². The minimum atomic E-state index is -1.02. The van der Waals surface area contributed by atoms with E-state index in [1.165, 1.54) is 17.5 Å². The zero-order valence-electron chi connectivity index (χ0n) is 18.1. The molecule has 3 amide bonds. The van der Waals surface area contributed by atoms with E-state index in [-0.39, 0.29) is 18.2 Å². The molecule has 2 aliphatic rings. The van der Waals surface area contributed by atoms with Gasteiger partial charge in [-0.05, 0) is 80.3 Å². The van der Waals surface area contributed by atoms with Crippen LogP contribution in [0.2, 0.25) is 0 Å². The quantitative estimate of drug-likeness (QED) is 0.547. The second-order valence-electron chi connectivity index (χ2n) is 8.62. The third-order valence-corrected chi connectivity index (χ3v) is 6.39. The van der Waals surface area contributed by atoms with Gasteiger partial charge in [0.1, 0.15) is 11.3 Å². The Morgan fingerprint density at radius 3 is 2.48 bits per heavy atom. The number of imide groups is 1. The first kappa shape index (κ1) is 21.1. The highest BCUT2D eigenvalue weighted by Gasteiger charge is 2.47. The fraction of sp³-hybridized carbons (Fsp3) is 0.400. The van der Waals surface area contributed by atoms with Crippen LogP contribution in [0.15, 0.2) is 42.5 Å². The van der Waals surface area contributed by atoms with Crippen molar-refractivity contribution in [3.63, 3.8) is 0 Å². The lowest BCUT2D eigenvalue weighted by atomic mass is 9.89. The number of aryl methyl sites for hydroxylation is 3. The summed E-state index contributed by atoms with van der Waals surface area (Å²) in [6.07, 6.45) is 5.40. The Morgan fingerprint density at radius 1 is 1.06 bits per heavy atom. The number of hydrogen-bond acceptors (Lipinski definition) is 4. The predicted octanol–water partition coefficient (Wildman–Crippen LogP) is 3.70. The van der Waals surface area contributed by atoms with Crippen LogP contribution in [-0.2, 0) is 24.1 Å². The number of ether oxygens (including phenoxy) is 1. The number of hydrogen-bond donors (Lipinski definition) is 1. The molecule has 1 aliphatic heterocycles. The maximum absolute atomic E-state index is 13.0. The second-order valence-corrected chi connectivity index (χ2v) is 8.62. The third-order valence-electron chi connectivity index (χ3n) is 6.39. The highest BCUT2D eigenvalue weighted by atomic mass is 16.5.